The van der Waals surface area contributed by atoms with Gasteiger partial charge in [-0.3, -0.25) is 14.4 Å². The van der Waals surface area contributed by atoms with Crippen molar-refractivity contribution >= 4 is 17.3 Å². The van der Waals surface area contributed by atoms with Crippen LogP contribution in [0.2, 0.25) is 0 Å². The highest BCUT2D eigenvalue weighted by Gasteiger charge is 2.50. The zero-order chi connectivity index (χ0) is 38.2. The SMILES string of the molecule is COCCOCOc1c2c(c(OCOCCOC)c3c1C(=O)c1cccc(OC)c1C3=O)C(OCOCCOC)CC(OCOCCOC)(C(C)=O)C2. The van der Waals surface area contributed by atoms with Crippen molar-refractivity contribution in [2.24, 2.45) is 0 Å². The first-order chi connectivity index (χ1) is 25.8. The molecule has 16 nitrogen and oxygen atoms in total. The first kappa shape index (κ1) is 42.2. The molecular weight excluding hydrogens is 700 g/mol. The normalized spacial score (nSPS) is 17.7. The second-order valence-electron chi connectivity index (χ2n) is 11.9. The fourth-order valence-corrected chi connectivity index (χ4v) is 6.09. The van der Waals surface area contributed by atoms with E-state index in [0.717, 1.165) is 0 Å². The van der Waals surface area contributed by atoms with E-state index in [4.69, 9.17) is 61.6 Å². The van der Waals surface area contributed by atoms with Crippen LogP contribution < -0.4 is 14.2 Å². The third-order valence-corrected chi connectivity index (χ3v) is 8.73. The van der Waals surface area contributed by atoms with Gasteiger partial charge in [-0.25, -0.2) is 0 Å². The summed E-state index contributed by atoms with van der Waals surface area (Å²) in [5.41, 5.74) is -0.852. The van der Waals surface area contributed by atoms with E-state index >= 15 is 0 Å². The number of Topliss-reactive ketones (excluding diaryl/α,β-unsaturated/α-hetero) is 1. The van der Waals surface area contributed by atoms with Gasteiger partial charge in [0.05, 0.1) is 82.8 Å². The highest BCUT2D eigenvalue weighted by molar-refractivity contribution is 6.31. The minimum absolute atomic E-state index is 0.00927. The highest BCUT2D eigenvalue weighted by Crippen LogP contribution is 2.53. The van der Waals surface area contributed by atoms with Gasteiger partial charge < -0.3 is 61.6 Å². The molecule has 2 aliphatic rings. The molecule has 0 heterocycles. The number of fused-ring (bicyclic) bond motifs is 3. The molecule has 2 unspecified atom stereocenters. The van der Waals surface area contributed by atoms with Crippen LogP contribution in [0.4, 0.5) is 0 Å². The van der Waals surface area contributed by atoms with Gasteiger partial charge in [0.1, 0.15) is 36.4 Å². The summed E-state index contributed by atoms with van der Waals surface area (Å²) in [6.45, 7) is 2.26. The second-order valence-corrected chi connectivity index (χ2v) is 11.9. The van der Waals surface area contributed by atoms with E-state index in [1.807, 2.05) is 0 Å². The summed E-state index contributed by atoms with van der Waals surface area (Å²) >= 11 is 0. The second kappa shape index (κ2) is 21.4. The maximum absolute atomic E-state index is 14.7. The maximum atomic E-state index is 14.7. The average molecular weight is 751 g/mol. The minimum atomic E-state index is -1.53. The quantitative estimate of drug-likeness (QED) is 0.0865. The molecule has 0 aromatic heterocycles. The summed E-state index contributed by atoms with van der Waals surface area (Å²) in [7, 11) is 7.56. The van der Waals surface area contributed by atoms with E-state index in [9.17, 15) is 14.4 Å². The number of benzene rings is 2. The molecule has 0 spiro atoms. The fraction of sp³-hybridized carbons (Fsp3) is 0.595. The van der Waals surface area contributed by atoms with E-state index < -0.39 is 23.3 Å². The van der Waals surface area contributed by atoms with Gasteiger partial charge in [-0.15, -0.1) is 0 Å². The van der Waals surface area contributed by atoms with Crippen LogP contribution in [0, 0.1) is 0 Å². The van der Waals surface area contributed by atoms with Crippen LogP contribution in [0.5, 0.6) is 17.2 Å². The van der Waals surface area contributed by atoms with Crippen molar-refractivity contribution in [2.45, 2.75) is 31.5 Å². The molecular formula is C37H50O16. The van der Waals surface area contributed by atoms with Gasteiger partial charge >= 0.3 is 0 Å². The third-order valence-electron chi connectivity index (χ3n) is 8.73. The maximum Gasteiger partial charge on any atom is 0.202 e. The van der Waals surface area contributed by atoms with Crippen molar-refractivity contribution in [3.8, 4) is 17.2 Å². The van der Waals surface area contributed by atoms with E-state index in [0.29, 0.717) is 24.3 Å². The Hall–Kier alpha value is -3.55. The number of hydrogen-bond acceptors (Lipinski definition) is 16. The largest absolute Gasteiger partial charge is 0.496 e. The molecule has 0 aliphatic heterocycles. The van der Waals surface area contributed by atoms with Gasteiger partial charge in [0, 0.05) is 58.0 Å². The Morgan fingerprint density at radius 1 is 0.679 bits per heavy atom. The molecule has 0 amide bonds. The Kier molecular flexibility index (Phi) is 17.0. The molecule has 2 aromatic carbocycles. The Bertz CT molecular complexity index is 1530. The van der Waals surface area contributed by atoms with Crippen LogP contribution in [-0.2, 0) is 58.6 Å². The summed E-state index contributed by atoms with van der Waals surface area (Å²) in [5.74, 6) is -1.19. The van der Waals surface area contributed by atoms with Gasteiger partial charge in [0.2, 0.25) is 5.78 Å². The lowest BCUT2D eigenvalue weighted by atomic mass is 9.71. The first-order valence-electron chi connectivity index (χ1n) is 17.1. The molecule has 0 fully saturated rings. The standard InChI is InChI=1S/C37H50O16/c1-24(38)37(53-23-49-17-13-44-5)18-26-30(28(19-37)50-20-46-14-10-41-2)36(52-22-48-16-12-43-4)32-31(35(26)51-21-47-15-11-42-3)33(39)25-8-7-9-27(45-6)29(25)34(32)40/h7-9,28H,10-23H2,1-6H3. The predicted octanol–water partition coefficient (Wildman–Crippen LogP) is 3.06. The highest BCUT2D eigenvalue weighted by atomic mass is 16.7. The monoisotopic (exact) mass is 750 g/mol. The smallest absolute Gasteiger partial charge is 0.202 e. The number of ketones is 3. The van der Waals surface area contributed by atoms with Gasteiger partial charge in [0.25, 0.3) is 0 Å². The number of ether oxygens (including phenoxy) is 13. The zero-order valence-corrected chi connectivity index (χ0v) is 31.2. The number of carbonyl (C=O) groups is 3. The summed E-state index contributed by atoms with van der Waals surface area (Å²) in [6, 6.07) is 4.75. The van der Waals surface area contributed by atoms with Crippen LogP contribution in [0.25, 0.3) is 0 Å². The molecule has 53 heavy (non-hydrogen) atoms. The van der Waals surface area contributed by atoms with E-state index in [2.05, 4.69) is 0 Å². The molecule has 2 aromatic rings. The summed E-state index contributed by atoms with van der Waals surface area (Å²) in [4.78, 5) is 43.0. The van der Waals surface area contributed by atoms with Crippen molar-refractivity contribution in [2.75, 3.05) is 116 Å². The minimum Gasteiger partial charge on any atom is -0.496 e. The molecule has 4 rings (SSSR count). The number of rotatable bonds is 26. The van der Waals surface area contributed by atoms with E-state index in [1.54, 1.807) is 26.4 Å². The van der Waals surface area contributed by atoms with Gasteiger partial charge in [-0.2, -0.15) is 0 Å². The topological polar surface area (TPSA) is 171 Å². The number of hydrogen-bond donors (Lipinski definition) is 0. The van der Waals surface area contributed by atoms with Gasteiger partial charge in [-0.05, 0) is 13.0 Å². The van der Waals surface area contributed by atoms with Crippen LogP contribution in [0.15, 0.2) is 18.2 Å². The molecule has 0 saturated heterocycles. The van der Waals surface area contributed by atoms with Crippen molar-refractivity contribution in [1.82, 2.24) is 0 Å². The molecule has 0 N–H and O–H groups in total. The molecule has 0 saturated carbocycles. The van der Waals surface area contributed by atoms with Gasteiger partial charge in [0.15, 0.2) is 25.2 Å². The first-order valence-corrected chi connectivity index (χ1v) is 17.1. The fourth-order valence-electron chi connectivity index (χ4n) is 6.09. The van der Waals surface area contributed by atoms with Crippen molar-refractivity contribution in [1.29, 1.82) is 0 Å². The van der Waals surface area contributed by atoms with Crippen LogP contribution >= 0.6 is 0 Å². The Morgan fingerprint density at radius 3 is 1.79 bits per heavy atom. The van der Waals surface area contributed by atoms with Crippen LogP contribution in [-0.4, -0.2) is 139 Å². The lowest BCUT2D eigenvalue weighted by Crippen LogP contribution is -2.48. The van der Waals surface area contributed by atoms with Crippen molar-refractivity contribution < 1.29 is 76.0 Å². The molecule has 294 valence electrons. The Labute approximate surface area is 309 Å². The molecule has 2 aliphatic carbocycles. The Balaban J connectivity index is 1.97. The van der Waals surface area contributed by atoms with E-state index in [1.165, 1.54) is 34.3 Å². The average Bonchev–Trinajstić information content (AvgIpc) is 3.16. The number of methoxy groups -OCH3 is 5. The Morgan fingerprint density at radius 2 is 1.23 bits per heavy atom. The molecule has 0 bridgehead atoms. The molecule has 16 heteroatoms. The summed E-state index contributed by atoms with van der Waals surface area (Å²) in [6.07, 6.45) is -1.14. The molecule has 2 atom stereocenters. The summed E-state index contributed by atoms with van der Waals surface area (Å²) < 4.78 is 73.7. The van der Waals surface area contributed by atoms with Crippen molar-refractivity contribution in [3.63, 3.8) is 0 Å². The zero-order valence-electron chi connectivity index (χ0n) is 31.2. The lowest BCUT2D eigenvalue weighted by molar-refractivity contribution is -0.186. The van der Waals surface area contributed by atoms with Crippen LogP contribution in [0.1, 0.15) is 62.4 Å². The molecule has 0 radical (unpaired) electrons. The van der Waals surface area contributed by atoms with E-state index in [-0.39, 0.29) is 125 Å². The number of carbonyl (C=O) groups excluding carboxylic acids is 3. The van der Waals surface area contributed by atoms with Crippen molar-refractivity contribution in [3.05, 3.63) is 51.6 Å². The predicted molar refractivity (Wildman–Crippen MR) is 185 cm³/mol. The summed E-state index contributed by atoms with van der Waals surface area (Å²) in [5, 5.41) is 0. The van der Waals surface area contributed by atoms with Gasteiger partial charge in [-0.1, -0.05) is 12.1 Å². The lowest BCUT2D eigenvalue weighted by Gasteiger charge is -2.42. The third kappa shape index (κ3) is 10.2. The van der Waals surface area contributed by atoms with Crippen LogP contribution in [0.3, 0.4) is 0 Å².